The number of carbonyl (C=O) groups excluding carboxylic acids is 1. The summed E-state index contributed by atoms with van der Waals surface area (Å²) in [6, 6.07) is 13.7. The first-order chi connectivity index (χ1) is 20.3. The first-order valence-corrected chi connectivity index (χ1v) is 15.2. The van der Waals surface area contributed by atoms with Gasteiger partial charge in [-0.15, -0.1) is 5.10 Å². The molecule has 6 rings (SSSR count). The van der Waals surface area contributed by atoms with Crippen LogP contribution < -0.4 is 4.74 Å². The number of ether oxygens (including phenoxy) is 1. The number of hydrogen-bond acceptors (Lipinski definition) is 6. The highest BCUT2D eigenvalue weighted by atomic mass is 19.2. The largest absolute Gasteiger partial charge is 0.476 e. The Morgan fingerprint density at radius 2 is 1.79 bits per heavy atom. The number of hydrogen-bond donors (Lipinski definition) is 0. The Morgan fingerprint density at radius 3 is 2.50 bits per heavy atom. The third-order valence-corrected chi connectivity index (χ3v) is 8.91. The van der Waals surface area contributed by atoms with E-state index in [4.69, 9.17) is 14.7 Å². The second kappa shape index (κ2) is 12.6. The van der Waals surface area contributed by atoms with E-state index in [9.17, 15) is 13.6 Å². The molecule has 2 aromatic carbocycles. The fourth-order valence-corrected chi connectivity index (χ4v) is 6.16. The minimum absolute atomic E-state index is 0.0477. The maximum absolute atomic E-state index is 14.1. The van der Waals surface area contributed by atoms with Crippen molar-refractivity contribution in [2.45, 2.75) is 51.6 Å². The van der Waals surface area contributed by atoms with Gasteiger partial charge in [0.1, 0.15) is 11.9 Å². The van der Waals surface area contributed by atoms with E-state index in [0.717, 1.165) is 55.5 Å². The molecule has 1 aromatic heterocycles. The minimum atomic E-state index is -0.906. The Labute approximate surface area is 246 Å². The Kier molecular flexibility index (Phi) is 8.70. The van der Waals surface area contributed by atoms with E-state index >= 15 is 0 Å². The number of piperidine rings is 1. The van der Waals surface area contributed by atoms with Gasteiger partial charge in [0, 0.05) is 37.4 Å². The van der Waals surface area contributed by atoms with Crippen LogP contribution in [0.25, 0.3) is 5.69 Å². The van der Waals surface area contributed by atoms with Crippen molar-refractivity contribution in [3.63, 3.8) is 0 Å². The molecular formula is C33H40F2N4O3. The number of para-hydroxylation sites is 1. The zero-order valence-electron chi connectivity index (χ0n) is 24.5. The molecule has 0 spiro atoms. The van der Waals surface area contributed by atoms with E-state index < -0.39 is 17.7 Å². The lowest BCUT2D eigenvalue weighted by Crippen LogP contribution is -2.32. The van der Waals surface area contributed by atoms with Crippen LogP contribution in [0.2, 0.25) is 0 Å². The lowest BCUT2D eigenvalue weighted by Gasteiger charge is -2.28. The molecule has 9 heteroatoms. The van der Waals surface area contributed by atoms with Crippen LogP contribution in [0.4, 0.5) is 8.78 Å². The molecule has 0 radical (unpaired) electrons. The number of nitrogens with zero attached hydrogens (tertiary/aromatic N) is 4. The third kappa shape index (κ3) is 6.74. The zero-order chi connectivity index (χ0) is 29.2. The summed E-state index contributed by atoms with van der Waals surface area (Å²) in [6.45, 7) is 6.09. The molecule has 3 aliphatic rings. The third-order valence-electron chi connectivity index (χ3n) is 8.91. The van der Waals surface area contributed by atoms with Crippen molar-refractivity contribution in [3.8, 4) is 11.6 Å². The second-order valence-electron chi connectivity index (χ2n) is 12.4. The fourth-order valence-electron chi connectivity index (χ4n) is 6.16. The van der Waals surface area contributed by atoms with Crippen molar-refractivity contribution in [2.75, 3.05) is 39.8 Å². The number of ketones is 1. The smallest absolute Gasteiger partial charge is 0.236 e. The summed E-state index contributed by atoms with van der Waals surface area (Å²) in [7, 11) is 2.15. The number of halogens is 2. The number of likely N-dealkylation sites (tertiary alicyclic amines) is 1. The second-order valence-corrected chi connectivity index (χ2v) is 12.4. The van der Waals surface area contributed by atoms with Gasteiger partial charge in [0.15, 0.2) is 11.6 Å². The van der Waals surface area contributed by atoms with Crippen LogP contribution in [0.5, 0.6) is 5.88 Å². The lowest BCUT2D eigenvalue weighted by molar-refractivity contribution is -0.152. The van der Waals surface area contributed by atoms with E-state index in [1.54, 1.807) is 6.07 Å². The molecule has 0 N–H and O–H groups in total. The minimum Gasteiger partial charge on any atom is -0.476 e. The number of carbonyl (C=O) groups is 1. The molecule has 3 aromatic rings. The van der Waals surface area contributed by atoms with Crippen LogP contribution in [0.1, 0.15) is 55.0 Å². The average molecular weight is 579 g/mol. The van der Waals surface area contributed by atoms with Gasteiger partial charge in [-0.25, -0.2) is 13.5 Å². The molecule has 1 aliphatic carbocycles. The Bertz CT molecular complexity index is 1390. The van der Waals surface area contributed by atoms with E-state index in [-0.39, 0.29) is 24.5 Å². The van der Waals surface area contributed by atoms with Crippen LogP contribution in [0.3, 0.4) is 0 Å². The SMILES string of the molecule is Cc1c(OCC2CCN(C)CC2)nn(-c2ccccc2)c1CC(=O)C[C@@H]1CN(CC2CC2)O[C@H]1c1ccc(F)c(F)c1. The molecule has 42 heavy (non-hydrogen) atoms. The monoisotopic (exact) mass is 578 g/mol. The summed E-state index contributed by atoms with van der Waals surface area (Å²) < 4.78 is 35.9. The summed E-state index contributed by atoms with van der Waals surface area (Å²) in [5.74, 6) is -0.265. The van der Waals surface area contributed by atoms with Gasteiger partial charge in [0.05, 0.1) is 18.0 Å². The molecular weight excluding hydrogens is 538 g/mol. The summed E-state index contributed by atoms with van der Waals surface area (Å²) in [4.78, 5) is 22.3. The Hall–Kier alpha value is -3.14. The number of rotatable bonds is 11. The predicted molar refractivity (Wildman–Crippen MR) is 155 cm³/mol. The van der Waals surface area contributed by atoms with Crippen molar-refractivity contribution < 1.29 is 23.1 Å². The molecule has 224 valence electrons. The van der Waals surface area contributed by atoms with Crippen LogP contribution in [0.15, 0.2) is 48.5 Å². The van der Waals surface area contributed by atoms with E-state index in [2.05, 4.69) is 11.9 Å². The van der Waals surface area contributed by atoms with Gasteiger partial charge in [-0.05, 0) is 94.4 Å². The van der Waals surface area contributed by atoms with Crippen LogP contribution in [0, 0.1) is 36.3 Å². The van der Waals surface area contributed by atoms with Crippen molar-refractivity contribution in [1.29, 1.82) is 0 Å². The number of benzene rings is 2. The lowest BCUT2D eigenvalue weighted by atomic mass is 9.90. The van der Waals surface area contributed by atoms with Gasteiger partial charge in [-0.2, -0.15) is 5.06 Å². The van der Waals surface area contributed by atoms with Gasteiger partial charge in [0.2, 0.25) is 5.88 Å². The molecule has 7 nitrogen and oxygen atoms in total. The average Bonchev–Trinajstić information content (AvgIpc) is 3.64. The Balaban J connectivity index is 1.19. The molecule has 0 unspecified atom stereocenters. The highest BCUT2D eigenvalue weighted by molar-refractivity contribution is 5.81. The molecule has 2 saturated heterocycles. The topological polar surface area (TPSA) is 59.8 Å². The zero-order valence-corrected chi connectivity index (χ0v) is 24.5. The van der Waals surface area contributed by atoms with Gasteiger partial charge in [0.25, 0.3) is 0 Å². The Morgan fingerprint density at radius 1 is 1.02 bits per heavy atom. The molecule has 0 bridgehead atoms. The predicted octanol–water partition coefficient (Wildman–Crippen LogP) is 5.70. The van der Waals surface area contributed by atoms with Crippen molar-refractivity contribution in [2.24, 2.45) is 17.8 Å². The molecule has 0 amide bonds. The summed E-state index contributed by atoms with van der Waals surface area (Å²) in [6.07, 6.45) is 4.48. The number of hydroxylamine groups is 2. The fraction of sp³-hybridized carbons (Fsp3) is 0.515. The van der Waals surface area contributed by atoms with E-state index in [1.165, 1.54) is 18.9 Å². The molecule has 2 atom stereocenters. The van der Waals surface area contributed by atoms with Crippen LogP contribution in [-0.4, -0.2) is 65.4 Å². The molecule has 1 saturated carbocycles. The van der Waals surface area contributed by atoms with Gasteiger partial charge < -0.3 is 9.64 Å². The maximum Gasteiger partial charge on any atom is 0.236 e. The summed E-state index contributed by atoms with van der Waals surface area (Å²) in [5, 5.41) is 6.73. The van der Waals surface area contributed by atoms with Crippen LogP contribution >= 0.6 is 0 Å². The highest BCUT2D eigenvalue weighted by Crippen LogP contribution is 2.40. The van der Waals surface area contributed by atoms with E-state index in [1.807, 2.05) is 47.0 Å². The summed E-state index contributed by atoms with van der Waals surface area (Å²) >= 11 is 0. The maximum atomic E-state index is 14.1. The quantitative estimate of drug-likeness (QED) is 0.291. The van der Waals surface area contributed by atoms with Gasteiger partial charge >= 0.3 is 0 Å². The van der Waals surface area contributed by atoms with Crippen LogP contribution in [-0.2, 0) is 16.1 Å². The van der Waals surface area contributed by atoms with Gasteiger partial charge in [-0.3, -0.25) is 9.63 Å². The van der Waals surface area contributed by atoms with Crippen molar-refractivity contribution in [1.82, 2.24) is 19.7 Å². The first-order valence-electron chi connectivity index (χ1n) is 15.2. The molecule has 3 fully saturated rings. The summed E-state index contributed by atoms with van der Waals surface area (Å²) in [5.41, 5.74) is 3.11. The van der Waals surface area contributed by atoms with Crippen molar-refractivity contribution in [3.05, 3.63) is 77.0 Å². The first kappa shape index (κ1) is 29.0. The van der Waals surface area contributed by atoms with Crippen molar-refractivity contribution >= 4 is 5.78 Å². The van der Waals surface area contributed by atoms with E-state index in [0.29, 0.717) is 36.4 Å². The molecule has 2 aliphatic heterocycles. The standard InChI is InChI=1S/C33H40F2N4O3/c1-22-31(39(27-6-4-3-5-7-27)36-33(22)41-21-24-12-14-37(2)15-13-24)18-28(40)16-26-20-38(19-23-8-9-23)42-32(26)25-10-11-29(34)30(35)17-25/h3-7,10-11,17,23-24,26,32H,8-9,12-16,18-21H2,1-2H3/t26-,32+/m1/s1. The highest BCUT2D eigenvalue weighted by Gasteiger charge is 2.39. The van der Waals surface area contributed by atoms with Gasteiger partial charge in [-0.1, -0.05) is 24.3 Å². The number of aromatic nitrogens is 2. The normalized spacial score (nSPS) is 22.1. The number of Topliss-reactive ketones (excluding diaryl/α,β-unsaturated/α-hetero) is 1. The molecule has 3 heterocycles.